The first kappa shape index (κ1) is 15.5. The van der Waals surface area contributed by atoms with Crippen molar-refractivity contribution in [2.45, 2.75) is 44.1 Å². The highest BCUT2D eigenvalue weighted by Gasteiger charge is 2.65. The number of benzene rings is 1. The molecule has 2 fully saturated rings. The van der Waals surface area contributed by atoms with Gasteiger partial charge >= 0.3 is 0 Å². The number of amides is 1. The number of ether oxygens (including phenoxy) is 2. The van der Waals surface area contributed by atoms with E-state index in [1.54, 1.807) is 7.11 Å². The van der Waals surface area contributed by atoms with Crippen molar-refractivity contribution in [1.82, 2.24) is 4.90 Å². The third kappa shape index (κ3) is 2.20. The van der Waals surface area contributed by atoms with Crippen LogP contribution in [0, 0.1) is 5.92 Å². The number of likely N-dealkylation sites (tertiary alicyclic amines) is 1. The maximum Gasteiger partial charge on any atom is 0.229 e. The lowest BCUT2D eigenvalue weighted by Crippen LogP contribution is -2.44. The molecule has 0 aliphatic carbocycles. The van der Waals surface area contributed by atoms with Crippen LogP contribution in [-0.4, -0.2) is 35.7 Å². The summed E-state index contributed by atoms with van der Waals surface area (Å²) in [6, 6.07) is 7.93. The highest BCUT2D eigenvalue weighted by atomic mass is 16.5. The van der Waals surface area contributed by atoms with E-state index in [9.17, 15) is 4.79 Å². The molecule has 1 spiro atoms. The van der Waals surface area contributed by atoms with E-state index in [1.807, 2.05) is 36.1 Å². The lowest BCUT2D eigenvalue weighted by atomic mass is 9.80. The Balaban J connectivity index is 1.64. The van der Waals surface area contributed by atoms with Crippen LogP contribution in [0.4, 0.5) is 0 Å². The molecule has 2 saturated heterocycles. The fourth-order valence-electron chi connectivity index (χ4n) is 4.37. The number of carbonyl (C=O) groups excluding carboxylic acids is 1. The molecule has 2 bridgehead atoms. The van der Waals surface area contributed by atoms with Crippen molar-refractivity contribution in [2.75, 3.05) is 7.11 Å². The van der Waals surface area contributed by atoms with Gasteiger partial charge in [0.15, 0.2) is 0 Å². The van der Waals surface area contributed by atoms with Crippen molar-refractivity contribution in [1.29, 1.82) is 0 Å². The van der Waals surface area contributed by atoms with Gasteiger partial charge in [-0.3, -0.25) is 4.79 Å². The lowest BCUT2D eigenvalue weighted by molar-refractivity contribution is -0.132. The van der Waals surface area contributed by atoms with Crippen LogP contribution < -0.4 is 4.74 Å². The summed E-state index contributed by atoms with van der Waals surface area (Å²) in [5, 5.41) is 0. The number of hydrogen-bond donors (Lipinski definition) is 0. The van der Waals surface area contributed by atoms with Crippen LogP contribution in [0.5, 0.6) is 5.75 Å². The minimum atomic E-state index is -0.451. The number of carbonyl (C=O) groups is 1. The molecule has 1 aromatic carbocycles. The average molecular weight is 325 g/mol. The number of hydrogen-bond acceptors (Lipinski definition) is 3. The van der Waals surface area contributed by atoms with Gasteiger partial charge in [0.1, 0.15) is 11.4 Å². The van der Waals surface area contributed by atoms with Crippen LogP contribution in [-0.2, 0) is 16.1 Å². The number of rotatable bonds is 5. The third-order valence-corrected chi connectivity index (χ3v) is 5.47. The Morgan fingerprint density at radius 3 is 2.79 bits per heavy atom. The third-order valence-electron chi connectivity index (χ3n) is 5.47. The van der Waals surface area contributed by atoms with E-state index in [0.717, 1.165) is 29.7 Å². The average Bonchev–Trinajstić information content (AvgIpc) is 3.21. The molecule has 24 heavy (non-hydrogen) atoms. The number of fused-ring (bicyclic) bond motifs is 1. The zero-order valence-electron chi connectivity index (χ0n) is 14.2. The standard InChI is InChI=1S/C20H23NO3/c1-13(2)10-18-20-9-8-16(24-20)11-17(20)19(22)21(18)12-14-4-6-15(23-3)7-5-14/h4-9,16-18H,1,10-12H2,2-3H3/t16-,17+,18?,20+/m1/s1. The predicted molar refractivity (Wildman–Crippen MR) is 91.6 cm³/mol. The quantitative estimate of drug-likeness (QED) is 0.781. The van der Waals surface area contributed by atoms with E-state index in [1.165, 1.54) is 0 Å². The molecular weight excluding hydrogens is 302 g/mol. The Hall–Kier alpha value is -2.07. The second-order valence-electron chi connectivity index (χ2n) is 7.15. The van der Waals surface area contributed by atoms with Crippen LogP contribution in [0.3, 0.4) is 0 Å². The topological polar surface area (TPSA) is 38.8 Å². The molecule has 3 aliphatic heterocycles. The second kappa shape index (κ2) is 5.49. The lowest BCUT2D eigenvalue weighted by Gasteiger charge is -2.33. The van der Waals surface area contributed by atoms with Gasteiger partial charge in [-0.2, -0.15) is 0 Å². The van der Waals surface area contributed by atoms with Crippen LogP contribution in [0.15, 0.2) is 48.6 Å². The van der Waals surface area contributed by atoms with Gasteiger partial charge in [-0.15, -0.1) is 6.58 Å². The number of nitrogens with zero attached hydrogens (tertiary/aromatic N) is 1. The second-order valence-corrected chi connectivity index (χ2v) is 7.15. The van der Waals surface area contributed by atoms with Crippen molar-refractivity contribution >= 4 is 5.91 Å². The highest BCUT2D eigenvalue weighted by molar-refractivity contribution is 5.85. The fraction of sp³-hybridized carbons (Fsp3) is 0.450. The molecule has 4 atom stereocenters. The summed E-state index contributed by atoms with van der Waals surface area (Å²) in [5.74, 6) is 0.990. The van der Waals surface area contributed by atoms with Crippen molar-refractivity contribution in [3.63, 3.8) is 0 Å². The Labute approximate surface area is 142 Å². The van der Waals surface area contributed by atoms with Gasteiger partial charge in [0, 0.05) is 6.54 Å². The molecular formula is C20H23NO3. The summed E-state index contributed by atoms with van der Waals surface area (Å²) in [4.78, 5) is 15.0. The molecule has 0 radical (unpaired) electrons. The van der Waals surface area contributed by atoms with E-state index in [-0.39, 0.29) is 24.0 Å². The molecule has 4 heteroatoms. The Morgan fingerprint density at radius 1 is 1.42 bits per heavy atom. The Kier molecular flexibility index (Phi) is 3.53. The van der Waals surface area contributed by atoms with E-state index in [0.29, 0.717) is 6.54 Å². The smallest absolute Gasteiger partial charge is 0.229 e. The van der Waals surface area contributed by atoms with Crippen LogP contribution in [0.1, 0.15) is 25.3 Å². The number of methoxy groups -OCH3 is 1. The summed E-state index contributed by atoms with van der Waals surface area (Å²) in [5.41, 5.74) is 1.73. The molecule has 126 valence electrons. The maximum atomic E-state index is 13.0. The Bertz CT molecular complexity index is 708. The van der Waals surface area contributed by atoms with Gasteiger partial charge in [-0.05, 0) is 37.5 Å². The Morgan fingerprint density at radius 2 is 2.17 bits per heavy atom. The SMILES string of the molecule is C=C(C)CC1N(Cc2ccc(OC)cc2)C(=O)[C@@H]2C[C@H]3C=C[C@@]12O3. The van der Waals surface area contributed by atoms with Gasteiger partial charge in [0.2, 0.25) is 5.91 Å². The predicted octanol–water partition coefficient (Wildman–Crippen LogP) is 3.09. The first-order chi connectivity index (χ1) is 11.5. The zero-order valence-corrected chi connectivity index (χ0v) is 14.2. The van der Waals surface area contributed by atoms with Crippen molar-refractivity contribution < 1.29 is 14.3 Å². The van der Waals surface area contributed by atoms with E-state index in [4.69, 9.17) is 9.47 Å². The maximum absolute atomic E-state index is 13.0. The fourth-order valence-corrected chi connectivity index (χ4v) is 4.37. The molecule has 3 aliphatic rings. The van der Waals surface area contributed by atoms with Gasteiger partial charge < -0.3 is 14.4 Å². The molecule has 1 amide bonds. The first-order valence-electron chi connectivity index (χ1n) is 8.48. The van der Waals surface area contributed by atoms with Gasteiger partial charge in [-0.25, -0.2) is 0 Å². The first-order valence-corrected chi connectivity index (χ1v) is 8.48. The summed E-state index contributed by atoms with van der Waals surface area (Å²) in [6.45, 7) is 6.68. The van der Waals surface area contributed by atoms with E-state index in [2.05, 4.69) is 18.7 Å². The monoisotopic (exact) mass is 325 g/mol. The summed E-state index contributed by atoms with van der Waals surface area (Å²) >= 11 is 0. The highest BCUT2D eigenvalue weighted by Crippen LogP contribution is 2.53. The van der Waals surface area contributed by atoms with Crippen LogP contribution in [0.25, 0.3) is 0 Å². The molecule has 0 aromatic heterocycles. The molecule has 0 N–H and O–H groups in total. The van der Waals surface area contributed by atoms with Gasteiger partial charge in [-0.1, -0.05) is 29.9 Å². The van der Waals surface area contributed by atoms with Crippen molar-refractivity contribution in [2.24, 2.45) is 5.92 Å². The molecule has 1 aromatic rings. The molecule has 4 rings (SSSR count). The minimum Gasteiger partial charge on any atom is -0.497 e. The van der Waals surface area contributed by atoms with Crippen molar-refractivity contribution in [3.8, 4) is 5.75 Å². The molecule has 4 nitrogen and oxygen atoms in total. The van der Waals surface area contributed by atoms with E-state index >= 15 is 0 Å². The summed E-state index contributed by atoms with van der Waals surface area (Å²) < 4.78 is 11.4. The van der Waals surface area contributed by atoms with Gasteiger partial charge in [0.05, 0.1) is 25.2 Å². The normalized spacial score (nSPS) is 33.2. The summed E-state index contributed by atoms with van der Waals surface area (Å²) in [6.07, 6.45) is 5.93. The van der Waals surface area contributed by atoms with E-state index < -0.39 is 5.60 Å². The molecule has 1 unspecified atom stereocenters. The molecule has 0 saturated carbocycles. The molecule has 3 heterocycles. The van der Waals surface area contributed by atoms with Crippen molar-refractivity contribution in [3.05, 3.63) is 54.1 Å². The summed E-state index contributed by atoms with van der Waals surface area (Å²) in [7, 11) is 1.66. The zero-order chi connectivity index (χ0) is 16.9. The minimum absolute atomic E-state index is 0.0263. The van der Waals surface area contributed by atoms with Crippen LogP contribution in [0.2, 0.25) is 0 Å². The van der Waals surface area contributed by atoms with Crippen LogP contribution >= 0.6 is 0 Å². The largest absolute Gasteiger partial charge is 0.497 e. The van der Waals surface area contributed by atoms with Gasteiger partial charge in [0.25, 0.3) is 0 Å².